The number of carbonyl (C=O) groups excluding carboxylic acids is 1. The summed E-state index contributed by atoms with van der Waals surface area (Å²) >= 11 is 5.82. The number of fused-ring (bicyclic) bond motifs is 1. The van der Waals surface area contributed by atoms with Crippen LogP contribution in [0.4, 0.5) is 5.69 Å². The van der Waals surface area contributed by atoms with Gasteiger partial charge in [0.1, 0.15) is 0 Å². The number of anilines is 1. The summed E-state index contributed by atoms with van der Waals surface area (Å²) in [5, 5.41) is 9.35. The third kappa shape index (κ3) is 5.14. The number of nitrogens with one attached hydrogen (secondary N) is 2. The average molecular weight is 528 g/mol. The van der Waals surface area contributed by atoms with E-state index >= 15 is 0 Å². The topological polar surface area (TPSA) is 71.4 Å². The quantitative estimate of drug-likeness (QED) is 0.288. The molecular formula is C30H33N5O2S. The number of hydrogen-bond acceptors (Lipinski definition) is 4. The lowest BCUT2D eigenvalue weighted by Gasteiger charge is -2.28. The zero-order valence-corrected chi connectivity index (χ0v) is 22.8. The molecule has 3 heterocycles. The number of carbonyl (C=O) groups is 1. The number of nitrogens with zero attached hydrogens (tertiary/aromatic N) is 3. The van der Waals surface area contributed by atoms with Crippen LogP contribution in [0.3, 0.4) is 0 Å². The maximum atomic E-state index is 13.1. The lowest BCUT2D eigenvalue weighted by Crippen LogP contribution is -2.33. The first-order valence-electron chi connectivity index (χ1n) is 12.9. The van der Waals surface area contributed by atoms with E-state index in [2.05, 4.69) is 45.0 Å². The Hall–Kier alpha value is -3.75. The molecule has 0 unspecified atom stereocenters. The minimum atomic E-state index is -0.124. The molecular weight excluding hydrogens is 494 g/mol. The van der Waals surface area contributed by atoms with Crippen molar-refractivity contribution in [2.45, 2.75) is 38.9 Å². The smallest absolute Gasteiger partial charge is 0.226 e. The van der Waals surface area contributed by atoms with Crippen molar-refractivity contribution in [3.8, 4) is 0 Å². The van der Waals surface area contributed by atoms with Gasteiger partial charge in [0.05, 0.1) is 24.4 Å². The van der Waals surface area contributed by atoms with Crippen LogP contribution in [0.2, 0.25) is 0 Å². The highest BCUT2D eigenvalue weighted by Gasteiger charge is 2.41. The molecule has 1 fully saturated rings. The molecule has 8 heteroatoms. The fourth-order valence-corrected chi connectivity index (χ4v) is 5.74. The molecule has 7 nitrogen and oxygen atoms in total. The lowest BCUT2D eigenvalue weighted by molar-refractivity contribution is -0.116. The molecule has 0 aliphatic carbocycles. The summed E-state index contributed by atoms with van der Waals surface area (Å²) in [7, 11) is 1.72. The van der Waals surface area contributed by atoms with Crippen molar-refractivity contribution >= 4 is 39.7 Å². The summed E-state index contributed by atoms with van der Waals surface area (Å²) in [5.74, 6) is -0.0465. The number of aryl methyl sites for hydroxylation is 1. The van der Waals surface area contributed by atoms with E-state index in [0.29, 0.717) is 24.7 Å². The fraction of sp³-hybridized carbons (Fsp3) is 0.300. The van der Waals surface area contributed by atoms with Crippen molar-refractivity contribution in [1.29, 1.82) is 0 Å². The van der Waals surface area contributed by atoms with Gasteiger partial charge in [0.15, 0.2) is 5.11 Å². The third-order valence-corrected chi connectivity index (χ3v) is 7.64. The molecule has 0 bridgehead atoms. The number of methoxy groups -OCH3 is 1. The average Bonchev–Trinajstić information content (AvgIpc) is 3.41. The van der Waals surface area contributed by atoms with E-state index in [9.17, 15) is 4.79 Å². The molecule has 2 aromatic heterocycles. The maximum absolute atomic E-state index is 13.1. The predicted octanol–water partition coefficient (Wildman–Crippen LogP) is 5.30. The molecule has 0 saturated carbocycles. The molecule has 5 rings (SSSR count). The van der Waals surface area contributed by atoms with Crippen LogP contribution in [0.15, 0.2) is 72.9 Å². The third-order valence-electron chi connectivity index (χ3n) is 7.29. The van der Waals surface area contributed by atoms with Gasteiger partial charge in [0, 0.05) is 55.3 Å². The van der Waals surface area contributed by atoms with Crippen LogP contribution < -0.4 is 10.6 Å². The second kappa shape index (κ2) is 11.3. The number of aromatic nitrogens is 2. The first-order valence-corrected chi connectivity index (χ1v) is 13.3. The SMILES string of the molecule is COCCn1c(C)cc([C@H]2[C@H](c3ccccn3)NC(=S)N2CCC(=O)Nc2cccc3ccccc23)c1C. The highest BCUT2D eigenvalue weighted by molar-refractivity contribution is 7.80. The summed E-state index contributed by atoms with van der Waals surface area (Å²) in [4.78, 5) is 19.9. The molecule has 0 radical (unpaired) electrons. The van der Waals surface area contributed by atoms with Crippen LogP contribution in [-0.2, 0) is 16.1 Å². The van der Waals surface area contributed by atoms with Gasteiger partial charge in [-0.05, 0) is 61.3 Å². The minimum Gasteiger partial charge on any atom is -0.383 e. The summed E-state index contributed by atoms with van der Waals surface area (Å²) in [5.41, 5.74) is 5.25. The van der Waals surface area contributed by atoms with Crippen molar-refractivity contribution in [3.05, 3.63) is 95.6 Å². The van der Waals surface area contributed by atoms with Crippen molar-refractivity contribution in [1.82, 2.24) is 19.8 Å². The Morgan fingerprint density at radius 1 is 1.08 bits per heavy atom. The van der Waals surface area contributed by atoms with E-state index in [1.807, 2.05) is 60.7 Å². The second-order valence-electron chi connectivity index (χ2n) is 9.62. The number of pyridine rings is 1. The van der Waals surface area contributed by atoms with Gasteiger partial charge in [-0.25, -0.2) is 0 Å². The Morgan fingerprint density at radius 2 is 1.87 bits per heavy atom. The van der Waals surface area contributed by atoms with Gasteiger partial charge in [-0.2, -0.15) is 0 Å². The highest BCUT2D eigenvalue weighted by Crippen LogP contribution is 2.41. The second-order valence-corrected chi connectivity index (χ2v) is 10.0. The van der Waals surface area contributed by atoms with Crippen LogP contribution in [0.25, 0.3) is 10.8 Å². The van der Waals surface area contributed by atoms with Gasteiger partial charge in [0.2, 0.25) is 5.91 Å². The maximum Gasteiger partial charge on any atom is 0.226 e. The molecule has 1 saturated heterocycles. The van der Waals surface area contributed by atoms with Gasteiger partial charge in [0.25, 0.3) is 0 Å². The van der Waals surface area contributed by atoms with E-state index in [1.54, 1.807) is 13.3 Å². The van der Waals surface area contributed by atoms with E-state index < -0.39 is 0 Å². The van der Waals surface area contributed by atoms with Crippen LogP contribution in [0.5, 0.6) is 0 Å². The Kier molecular flexibility index (Phi) is 7.72. The number of rotatable bonds is 9. The molecule has 2 N–H and O–H groups in total. The lowest BCUT2D eigenvalue weighted by atomic mass is 9.96. The monoisotopic (exact) mass is 527 g/mol. The van der Waals surface area contributed by atoms with Gasteiger partial charge in [-0.3, -0.25) is 9.78 Å². The molecule has 4 aromatic rings. The summed E-state index contributed by atoms with van der Waals surface area (Å²) in [6.07, 6.45) is 2.11. The molecule has 1 aliphatic heterocycles. The largest absolute Gasteiger partial charge is 0.383 e. The Morgan fingerprint density at radius 3 is 2.66 bits per heavy atom. The molecule has 2 aromatic carbocycles. The standard InChI is InChI=1S/C30H33N5O2S/c1-20-19-24(21(2)34(20)17-18-37-3)29-28(26-12-6-7-15-31-26)33-30(38)35(29)16-14-27(36)32-25-13-8-10-22-9-4-5-11-23(22)25/h4-13,15,19,28-29H,14,16-18H2,1-3H3,(H,32,36)(H,33,38)/t28-,29-/m0/s1. The van der Waals surface area contributed by atoms with Crippen molar-refractivity contribution < 1.29 is 9.53 Å². The first-order chi connectivity index (χ1) is 18.5. The number of amides is 1. The summed E-state index contributed by atoms with van der Waals surface area (Å²) in [6.45, 7) is 6.16. The molecule has 2 atom stereocenters. The fourth-order valence-electron chi connectivity index (χ4n) is 5.41. The summed E-state index contributed by atoms with van der Waals surface area (Å²) < 4.78 is 7.62. The highest BCUT2D eigenvalue weighted by atomic mass is 32.1. The molecule has 1 aliphatic rings. The van der Waals surface area contributed by atoms with Crippen molar-refractivity contribution in [2.75, 3.05) is 25.6 Å². The molecule has 1 amide bonds. The van der Waals surface area contributed by atoms with Crippen LogP contribution in [0.1, 0.15) is 41.1 Å². The van der Waals surface area contributed by atoms with Gasteiger partial charge in [-0.1, -0.05) is 42.5 Å². The van der Waals surface area contributed by atoms with Crippen molar-refractivity contribution in [2.24, 2.45) is 0 Å². The van der Waals surface area contributed by atoms with Gasteiger partial charge >= 0.3 is 0 Å². The first kappa shape index (κ1) is 25.9. The molecule has 196 valence electrons. The Balaban J connectivity index is 1.40. The van der Waals surface area contributed by atoms with Crippen LogP contribution >= 0.6 is 12.2 Å². The number of thiocarbonyl (C=S) groups is 1. The summed E-state index contributed by atoms with van der Waals surface area (Å²) in [6, 6.07) is 21.9. The Labute approximate surface area is 228 Å². The van der Waals surface area contributed by atoms with E-state index in [-0.39, 0.29) is 18.0 Å². The number of hydrogen-bond donors (Lipinski definition) is 2. The van der Waals surface area contributed by atoms with E-state index in [0.717, 1.165) is 28.7 Å². The molecule has 0 spiro atoms. The van der Waals surface area contributed by atoms with E-state index in [4.69, 9.17) is 17.0 Å². The predicted molar refractivity (Wildman–Crippen MR) is 155 cm³/mol. The van der Waals surface area contributed by atoms with Crippen molar-refractivity contribution in [3.63, 3.8) is 0 Å². The zero-order valence-electron chi connectivity index (χ0n) is 22.0. The van der Waals surface area contributed by atoms with Crippen LogP contribution in [0, 0.1) is 13.8 Å². The Bertz CT molecular complexity index is 1450. The zero-order chi connectivity index (χ0) is 26.6. The number of benzene rings is 2. The van der Waals surface area contributed by atoms with Crippen LogP contribution in [-0.4, -0.2) is 45.7 Å². The minimum absolute atomic E-state index is 0.0465. The van der Waals surface area contributed by atoms with E-state index in [1.165, 1.54) is 17.0 Å². The number of ether oxygens (including phenoxy) is 1. The molecule has 38 heavy (non-hydrogen) atoms. The van der Waals surface area contributed by atoms with Gasteiger partial charge < -0.3 is 24.8 Å². The normalized spacial score (nSPS) is 17.1. The van der Waals surface area contributed by atoms with Gasteiger partial charge in [-0.15, -0.1) is 0 Å².